The van der Waals surface area contributed by atoms with Crippen molar-refractivity contribution in [2.45, 2.75) is 25.6 Å². The normalized spacial score (nSPS) is 23.8. The number of alkyl halides is 1. The third-order valence-corrected chi connectivity index (χ3v) is 4.46. The summed E-state index contributed by atoms with van der Waals surface area (Å²) < 4.78 is 21.2. The largest absolute Gasteiger partial charge is 0.489 e. The van der Waals surface area contributed by atoms with E-state index < -0.39 is 5.67 Å². The van der Waals surface area contributed by atoms with Crippen molar-refractivity contribution in [3.8, 4) is 5.75 Å². The molecule has 1 aliphatic heterocycles. The highest BCUT2D eigenvalue weighted by Gasteiger charge is 2.40. The minimum absolute atomic E-state index is 0. The molecule has 0 aliphatic carbocycles. The predicted molar refractivity (Wildman–Crippen MR) is 93.9 cm³/mol. The van der Waals surface area contributed by atoms with E-state index >= 15 is 4.39 Å². The fourth-order valence-electron chi connectivity index (χ4n) is 3.01. The zero-order valence-corrected chi connectivity index (χ0v) is 14.1. The van der Waals surface area contributed by atoms with Gasteiger partial charge in [0.2, 0.25) is 0 Å². The Hall–Kier alpha value is -1.58. The van der Waals surface area contributed by atoms with Gasteiger partial charge in [0.05, 0.1) is 0 Å². The van der Waals surface area contributed by atoms with Crippen molar-refractivity contribution in [2.75, 3.05) is 13.1 Å². The van der Waals surface area contributed by atoms with E-state index in [1.165, 1.54) is 0 Å². The predicted octanol–water partition coefficient (Wildman–Crippen LogP) is 4.48. The van der Waals surface area contributed by atoms with E-state index in [0.29, 0.717) is 19.6 Å². The lowest BCUT2D eigenvalue weighted by molar-refractivity contribution is 0.0547. The Bertz CT molecular complexity index is 622. The second kappa shape index (κ2) is 7.80. The number of ether oxygens (including phenoxy) is 1. The molecule has 1 saturated heterocycles. The fourth-order valence-corrected chi connectivity index (χ4v) is 3.01. The van der Waals surface area contributed by atoms with Crippen LogP contribution in [0.2, 0.25) is 0 Å². The third kappa shape index (κ3) is 4.04. The van der Waals surface area contributed by atoms with Gasteiger partial charge in [0.25, 0.3) is 0 Å². The number of rotatable bonds is 4. The van der Waals surface area contributed by atoms with Crippen LogP contribution in [0.5, 0.6) is 5.75 Å². The van der Waals surface area contributed by atoms with E-state index in [9.17, 15) is 0 Å². The van der Waals surface area contributed by atoms with Crippen LogP contribution >= 0.6 is 12.4 Å². The van der Waals surface area contributed by atoms with Gasteiger partial charge in [-0.1, -0.05) is 49.4 Å². The first-order valence-corrected chi connectivity index (χ1v) is 7.85. The summed E-state index contributed by atoms with van der Waals surface area (Å²) in [5.74, 6) is 0.690. The number of nitrogens with one attached hydrogen (secondary N) is 1. The molecule has 1 heterocycles. The number of benzene rings is 2. The van der Waals surface area contributed by atoms with Crippen molar-refractivity contribution < 1.29 is 9.13 Å². The van der Waals surface area contributed by atoms with Crippen molar-refractivity contribution in [2.24, 2.45) is 5.92 Å². The van der Waals surface area contributed by atoms with Crippen LogP contribution in [-0.4, -0.2) is 13.1 Å². The molecule has 4 heteroatoms. The second-order valence-corrected chi connectivity index (χ2v) is 6.02. The van der Waals surface area contributed by atoms with Crippen molar-refractivity contribution in [3.05, 3.63) is 65.7 Å². The first-order valence-electron chi connectivity index (χ1n) is 7.85. The molecule has 2 aromatic carbocycles. The van der Waals surface area contributed by atoms with E-state index in [1.807, 2.05) is 61.5 Å². The van der Waals surface area contributed by atoms with E-state index in [1.54, 1.807) is 0 Å². The van der Waals surface area contributed by atoms with Crippen molar-refractivity contribution in [3.63, 3.8) is 0 Å². The standard InChI is InChI=1S/C19H22FNO.ClH/c1-15-13-21-11-10-19(15,20)17-8-5-9-18(12-17)22-14-16-6-3-2-4-7-16;/h2-9,12,15,21H,10-11,13-14H2,1H3;1H. The molecular weight excluding hydrogens is 313 g/mol. The molecule has 0 aromatic heterocycles. The van der Waals surface area contributed by atoms with Crippen LogP contribution in [0.4, 0.5) is 4.39 Å². The summed E-state index contributed by atoms with van der Waals surface area (Å²) in [5.41, 5.74) is 0.572. The maximum atomic E-state index is 15.3. The Labute approximate surface area is 143 Å². The number of piperidine rings is 1. The molecule has 3 rings (SSSR count). The van der Waals surface area contributed by atoms with Gasteiger partial charge in [0.1, 0.15) is 18.0 Å². The molecule has 0 bridgehead atoms. The van der Waals surface area contributed by atoms with Crippen LogP contribution in [0.1, 0.15) is 24.5 Å². The molecule has 1 N–H and O–H groups in total. The van der Waals surface area contributed by atoms with Gasteiger partial charge in [0, 0.05) is 12.5 Å². The first-order chi connectivity index (χ1) is 10.7. The molecule has 1 fully saturated rings. The van der Waals surface area contributed by atoms with Crippen LogP contribution in [0.25, 0.3) is 0 Å². The van der Waals surface area contributed by atoms with Crippen LogP contribution in [0, 0.1) is 5.92 Å². The highest BCUT2D eigenvalue weighted by Crippen LogP contribution is 2.40. The molecule has 23 heavy (non-hydrogen) atoms. The van der Waals surface area contributed by atoms with Crippen molar-refractivity contribution in [1.82, 2.24) is 5.32 Å². The van der Waals surface area contributed by atoms with Gasteiger partial charge in [-0.25, -0.2) is 4.39 Å². The average Bonchev–Trinajstić information content (AvgIpc) is 2.57. The zero-order valence-electron chi connectivity index (χ0n) is 13.3. The van der Waals surface area contributed by atoms with E-state index in [4.69, 9.17) is 4.74 Å². The van der Waals surface area contributed by atoms with Crippen LogP contribution in [0.15, 0.2) is 54.6 Å². The Balaban J connectivity index is 0.00000192. The molecule has 1 aliphatic rings. The number of halogens is 2. The third-order valence-electron chi connectivity index (χ3n) is 4.46. The molecule has 0 radical (unpaired) electrons. The molecule has 2 nitrogen and oxygen atoms in total. The highest BCUT2D eigenvalue weighted by molar-refractivity contribution is 5.85. The lowest BCUT2D eigenvalue weighted by Crippen LogP contribution is -2.44. The van der Waals surface area contributed by atoms with Crippen molar-refractivity contribution in [1.29, 1.82) is 0 Å². The molecule has 0 amide bonds. The summed E-state index contributed by atoms with van der Waals surface area (Å²) in [6, 6.07) is 17.5. The Morgan fingerprint density at radius 2 is 1.96 bits per heavy atom. The molecule has 2 unspecified atom stereocenters. The molecule has 0 saturated carbocycles. The summed E-state index contributed by atoms with van der Waals surface area (Å²) in [5, 5.41) is 3.25. The summed E-state index contributed by atoms with van der Waals surface area (Å²) in [7, 11) is 0. The SMILES string of the molecule is CC1CNCCC1(F)c1cccc(OCc2ccccc2)c1.Cl. The minimum atomic E-state index is -1.27. The van der Waals surface area contributed by atoms with Gasteiger partial charge in [-0.3, -0.25) is 0 Å². The first kappa shape index (κ1) is 17.8. The van der Waals surface area contributed by atoms with Gasteiger partial charge in [-0.2, -0.15) is 0 Å². The van der Waals surface area contributed by atoms with Gasteiger partial charge in [-0.15, -0.1) is 12.4 Å². The molecular formula is C19H23ClFNO. The van der Waals surface area contributed by atoms with Gasteiger partial charge in [0.15, 0.2) is 0 Å². The Kier molecular flexibility index (Phi) is 6.03. The van der Waals surface area contributed by atoms with Crippen LogP contribution in [-0.2, 0) is 12.3 Å². The van der Waals surface area contributed by atoms with Gasteiger partial charge < -0.3 is 10.1 Å². The lowest BCUT2D eigenvalue weighted by atomic mass is 9.79. The summed E-state index contributed by atoms with van der Waals surface area (Å²) >= 11 is 0. The Morgan fingerprint density at radius 3 is 2.70 bits per heavy atom. The lowest BCUT2D eigenvalue weighted by Gasteiger charge is -2.36. The van der Waals surface area contributed by atoms with Gasteiger partial charge >= 0.3 is 0 Å². The summed E-state index contributed by atoms with van der Waals surface area (Å²) in [4.78, 5) is 0. The number of hydrogen-bond acceptors (Lipinski definition) is 2. The maximum Gasteiger partial charge on any atom is 0.141 e. The smallest absolute Gasteiger partial charge is 0.141 e. The maximum absolute atomic E-state index is 15.3. The van der Waals surface area contributed by atoms with Crippen LogP contribution in [0.3, 0.4) is 0 Å². The van der Waals surface area contributed by atoms with Crippen LogP contribution < -0.4 is 10.1 Å². The van der Waals surface area contributed by atoms with Gasteiger partial charge in [-0.05, 0) is 36.2 Å². The quantitative estimate of drug-likeness (QED) is 0.889. The fraction of sp³-hybridized carbons (Fsp3) is 0.368. The topological polar surface area (TPSA) is 21.3 Å². The average molecular weight is 336 g/mol. The summed E-state index contributed by atoms with van der Waals surface area (Å²) in [6.07, 6.45) is 0.510. The van der Waals surface area contributed by atoms with E-state index in [2.05, 4.69) is 5.32 Å². The summed E-state index contributed by atoms with van der Waals surface area (Å²) in [6.45, 7) is 3.89. The zero-order chi connectivity index (χ0) is 15.4. The van der Waals surface area contributed by atoms with E-state index in [-0.39, 0.29) is 18.3 Å². The van der Waals surface area contributed by atoms with E-state index in [0.717, 1.165) is 23.4 Å². The highest BCUT2D eigenvalue weighted by atomic mass is 35.5. The van der Waals surface area contributed by atoms with Crippen molar-refractivity contribution >= 4 is 12.4 Å². The molecule has 124 valence electrons. The molecule has 0 spiro atoms. The molecule has 2 atom stereocenters. The Morgan fingerprint density at radius 1 is 1.17 bits per heavy atom. The minimum Gasteiger partial charge on any atom is -0.489 e. The second-order valence-electron chi connectivity index (χ2n) is 6.02. The number of hydrogen-bond donors (Lipinski definition) is 1. The monoisotopic (exact) mass is 335 g/mol. The molecule has 2 aromatic rings.